The minimum atomic E-state index is -0.205. The molecular weight excluding hydrogens is 308 g/mol. The summed E-state index contributed by atoms with van der Waals surface area (Å²) in [7, 11) is 0. The van der Waals surface area contributed by atoms with Gasteiger partial charge in [0.2, 0.25) is 5.95 Å². The molecule has 0 bridgehead atoms. The number of fused-ring (bicyclic) bond motifs is 1. The van der Waals surface area contributed by atoms with E-state index in [1.165, 1.54) is 6.08 Å². The van der Waals surface area contributed by atoms with Crippen LogP contribution in [0.1, 0.15) is 24.0 Å². The van der Waals surface area contributed by atoms with Crippen molar-refractivity contribution in [3.63, 3.8) is 0 Å². The monoisotopic (exact) mass is 326 g/mol. The third-order valence-electron chi connectivity index (χ3n) is 3.38. The highest BCUT2D eigenvalue weighted by molar-refractivity contribution is 7.09. The molecule has 2 aromatic heterocycles. The molecule has 6 heteroatoms. The molecule has 0 fully saturated rings. The molecule has 0 aliphatic heterocycles. The highest BCUT2D eigenvalue weighted by atomic mass is 32.1. The number of hydrogen-bond donors (Lipinski definition) is 1. The van der Waals surface area contributed by atoms with Crippen molar-refractivity contribution in [2.24, 2.45) is 0 Å². The topological polar surface area (TPSA) is 59.8 Å². The zero-order valence-corrected chi connectivity index (χ0v) is 13.9. The van der Waals surface area contributed by atoms with E-state index in [9.17, 15) is 4.79 Å². The minimum Gasteiger partial charge on any atom is -0.310 e. The largest absolute Gasteiger partial charge is 0.310 e. The van der Waals surface area contributed by atoms with Gasteiger partial charge in [0.15, 0.2) is 0 Å². The van der Waals surface area contributed by atoms with Crippen molar-refractivity contribution in [2.45, 2.75) is 26.8 Å². The fraction of sp³-hybridized carbons (Fsp3) is 0.235. The molecule has 23 heavy (non-hydrogen) atoms. The van der Waals surface area contributed by atoms with Crippen LogP contribution in [0.3, 0.4) is 0 Å². The maximum Gasteiger partial charge on any atom is 0.250 e. The summed E-state index contributed by atoms with van der Waals surface area (Å²) in [5.74, 6) is 0.375. The maximum absolute atomic E-state index is 12.2. The van der Waals surface area contributed by atoms with Gasteiger partial charge in [0, 0.05) is 18.0 Å². The van der Waals surface area contributed by atoms with Gasteiger partial charge >= 0.3 is 0 Å². The number of benzene rings is 1. The van der Waals surface area contributed by atoms with Gasteiger partial charge in [-0.1, -0.05) is 19.1 Å². The lowest BCUT2D eigenvalue weighted by Gasteiger charge is -2.07. The van der Waals surface area contributed by atoms with E-state index in [0.717, 1.165) is 34.7 Å². The molecule has 5 nitrogen and oxygen atoms in total. The first-order valence-corrected chi connectivity index (χ1v) is 8.42. The van der Waals surface area contributed by atoms with Crippen LogP contribution in [-0.4, -0.2) is 20.4 Å². The molecule has 3 rings (SSSR count). The van der Waals surface area contributed by atoms with Gasteiger partial charge in [-0.3, -0.25) is 10.1 Å². The molecule has 0 spiro atoms. The Morgan fingerprint density at radius 2 is 2.17 bits per heavy atom. The second kappa shape index (κ2) is 6.75. The van der Waals surface area contributed by atoms with Crippen LogP contribution in [0.2, 0.25) is 0 Å². The van der Waals surface area contributed by atoms with E-state index in [1.807, 2.05) is 41.1 Å². The number of aryl methyl sites for hydroxylation is 2. The minimum absolute atomic E-state index is 0.205. The van der Waals surface area contributed by atoms with Crippen LogP contribution >= 0.6 is 11.3 Å². The average molecular weight is 326 g/mol. The first-order chi connectivity index (χ1) is 11.2. The lowest BCUT2D eigenvalue weighted by Crippen LogP contribution is -2.13. The van der Waals surface area contributed by atoms with Gasteiger partial charge in [-0.2, -0.15) is 0 Å². The quantitative estimate of drug-likeness (QED) is 0.724. The Balaban J connectivity index is 1.81. The third kappa shape index (κ3) is 3.48. The maximum atomic E-state index is 12.2. The lowest BCUT2D eigenvalue weighted by atomic mass is 10.3. The fourth-order valence-corrected chi connectivity index (χ4v) is 2.97. The second-order valence-electron chi connectivity index (χ2n) is 5.19. The van der Waals surface area contributed by atoms with Gasteiger partial charge in [-0.25, -0.2) is 9.97 Å². The molecule has 0 aliphatic carbocycles. The van der Waals surface area contributed by atoms with E-state index in [0.29, 0.717) is 5.95 Å². The fourth-order valence-electron chi connectivity index (χ4n) is 2.39. The molecular formula is C17H18N4OS. The highest BCUT2D eigenvalue weighted by Crippen LogP contribution is 2.20. The first kappa shape index (κ1) is 15.4. The van der Waals surface area contributed by atoms with Crippen molar-refractivity contribution in [3.8, 4) is 0 Å². The number of hydrogen-bond acceptors (Lipinski definition) is 4. The van der Waals surface area contributed by atoms with Gasteiger partial charge in [0.1, 0.15) is 0 Å². The summed E-state index contributed by atoms with van der Waals surface area (Å²) in [5.41, 5.74) is 2.71. The number of nitrogens with zero attached hydrogens (tertiary/aromatic N) is 3. The van der Waals surface area contributed by atoms with Gasteiger partial charge in [0.05, 0.1) is 21.7 Å². The molecule has 0 saturated heterocycles. The standard InChI is InChI=1S/C17H18N4OS/c1-3-10-21-15-7-5-4-6-14(15)19-17(21)20-16(22)9-8-13-11-23-12(2)18-13/h4-9,11H,3,10H2,1-2H3,(H,19,20,22)/b9-8+. The highest BCUT2D eigenvalue weighted by Gasteiger charge is 2.11. The van der Waals surface area contributed by atoms with E-state index >= 15 is 0 Å². The molecule has 1 amide bonds. The summed E-state index contributed by atoms with van der Waals surface area (Å²) in [6, 6.07) is 7.89. The summed E-state index contributed by atoms with van der Waals surface area (Å²) in [5, 5.41) is 5.77. The van der Waals surface area contributed by atoms with Crippen LogP contribution in [-0.2, 0) is 11.3 Å². The van der Waals surface area contributed by atoms with E-state index in [4.69, 9.17) is 0 Å². The summed E-state index contributed by atoms with van der Waals surface area (Å²) in [4.78, 5) is 21.0. The van der Waals surface area contributed by atoms with Crippen LogP contribution in [0.5, 0.6) is 0 Å². The van der Waals surface area contributed by atoms with Crippen LogP contribution < -0.4 is 5.32 Å². The second-order valence-corrected chi connectivity index (χ2v) is 6.25. The average Bonchev–Trinajstić information content (AvgIpc) is 3.10. The molecule has 1 aromatic carbocycles. The predicted molar refractivity (Wildman–Crippen MR) is 94.5 cm³/mol. The molecule has 1 N–H and O–H groups in total. The van der Waals surface area contributed by atoms with Gasteiger partial charge < -0.3 is 4.57 Å². The number of aromatic nitrogens is 3. The van der Waals surface area contributed by atoms with Gasteiger partial charge in [-0.15, -0.1) is 11.3 Å². The number of amides is 1. The summed E-state index contributed by atoms with van der Waals surface area (Å²) in [6.07, 6.45) is 4.17. The number of thiazole rings is 1. The number of carbonyl (C=O) groups is 1. The van der Waals surface area contributed by atoms with Crippen molar-refractivity contribution in [2.75, 3.05) is 5.32 Å². The Hall–Kier alpha value is -2.47. The Morgan fingerprint density at radius 3 is 2.91 bits per heavy atom. The smallest absolute Gasteiger partial charge is 0.250 e. The Morgan fingerprint density at radius 1 is 1.35 bits per heavy atom. The molecule has 0 unspecified atom stereocenters. The number of nitrogens with one attached hydrogen (secondary N) is 1. The van der Waals surface area contributed by atoms with E-state index in [1.54, 1.807) is 17.4 Å². The number of imidazole rings is 1. The Labute approximate surface area is 138 Å². The van der Waals surface area contributed by atoms with Crippen molar-refractivity contribution in [1.82, 2.24) is 14.5 Å². The van der Waals surface area contributed by atoms with Crippen molar-refractivity contribution >= 4 is 40.3 Å². The molecule has 0 radical (unpaired) electrons. The Kier molecular flexibility index (Phi) is 4.52. The number of carbonyl (C=O) groups excluding carboxylic acids is 1. The molecule has 0 aliphatic rings. The summed E-state index contributed by atoms with van der Waals surface area (Å²) in [6.45, 7) is 4.85. The first-order valence-electron chi connectivity index (χ1n) is 7.54. The van der Waals surface area contributed by atoms with E-state index < -0.39 is 0 Å². The van der Waals surface area contributed by atoms with E-state index in [-0.39, 0.29) is 5.91 Å². The predicted octanol–water partition coefficient (Wildman–Crippen LogP) is 3.86. The third-order valence-corrected chi connectivity index (χ3v) is 4.17. The molecule has 0 saturated carbocycles. The van der Waals surface area contributed by atoms with Crippen LogP contribution in [0.4, 0.5) is 5.95 Å². The number of anilines is 1. The van der Waals surface area contributed by atoms with Crippen molar-refractivity contribution in [3.05, 3.63) is 46.4 Å². The van der Waals surface area contributed by atoms with Crippen LogP contribution in [0, 0.1) is 6.92 Å². The van der Waals surface area contributed by atoms with Gasteiger partial charge in [-0.05, 0) is 31.6 Å². The van der Waals surface area contributed by atoms with Crippen LogP contribution in [0.25, 0.3) is 17.1 Å². The zero-order valence-electron chi connectivity index (χ0n) is 13.1. The molecule has 0 atom stereocenters. The molecule has 2 heterocycles. The Bertz CT molecular complexity index is 862. The van der Waals surface area contributed by atoms with E-state index in [2.05, 4.69) is 22.2 Å². The molecule has 3 aromatic rings. The lowest BCUT2D eigenvalue weighted by molar-refractivity contribution is -0.111. The summed E-state index contributed by atoms with van der Waals surface area (Å²) >= 11 is 1.56. The molecule has 118 valence electrons. The van der Waals surface area contributed by atoms with Crippen molar-refractivity contribution < 1.29 is 4.79 Å². The van der Waals surface area contributed by atoms with Crippen molar-refractivity contribution in [1.29, 1.82) is 0 Å². The number of rotatable bonds is 5. The SMILES string of the molecule is CCCn1c(NC(=O)/C=C/c2csc(C)n2)nc2ccccc21. The van der Waals surface area contributed by atoms with Crippen LogP contribution in [0.15, 0.2) is 35.7 Å². The van der Waals surface area contributed by atoms with Gasteiger partial charge in [0.25, 0.3) is 5.91 Å². The normalized spacial score (nSPS) is 11.4. The zero-order chi connectivity index (χ0) is 16.2. The number of para-hydroxylation sites is 2. The summed E-state index contributed by atoms with van der Waals surface area (Å²) < 4.78 is 2.04.